The van der Waals surface area contributed by atoms with E-state index in [1.54, 1.807) is 18.3 Å². The molecule has 4 aromatic rings. The Labute approximate surface area is 178 Å². The van der Waals surface area contributed by atoms with Crippen LogP contribution in [0.3, 0.4) is 0 Å². The number of benzene rings is 2. The smallest absolute Gasteiger partial charge is 0.339 e. The fourth-order valence-electron chi connectivity index (χ4n) is 3.48. The van der Waals surface area contributed by atoms with Crippen molar-refractivity contribution in [3.63, 3.8) is 0 Å². The first-order valence-corrected chi connectivity index (χ1v) is 9.83. The monoisotopic (exact) mass is 424 g/mol. The van der Waals surface area contributed by atoms with Gasteiger partial charge >= 0.3 is 5.97 Å². The van der Waals surface area contributed by atoms with E-state index in [4.69, 9.17) is 27.9 Å². The van der Waals surface area contributed by atoms with Gasteiger partial charge in [0, 0.05) is 34.4 Å². The summed E-state index contributed by atoms with van der Waals surface area (Å²) in [7, 11) is 1.33. The molecule has 0 bridgehead atoms. The second-order valence-electron chi connectivity index (χ2n) is 6.73. The highest BCUT2D eigenvalue weighted by Crippen LogP contribution is 2.33. The average Bonchev–Trinajstić information content (AvgIpc) is 3.11. The van der Waals surface area contributed by atoms with Crippen molar-refractivity contribution in [3.8, 4) is 5.69 Å². The van der Waals surface area contributed by atoms with E-state index in [-0.39, 0.29) is 0 Å². The van der Waals surface area contributed by atoms with Crippen LogP contribution in [0.1, 0.15) is 27.2 Å². The summed E-state index contributed by atoms with van der Waals surface area (Å²) < 4.78 is 6.93. The Morgan fingerprint density at radius 3 is 2.59 bits per heavy atom. The Kier molecular flexibility index (Phi) is 5.31. The number of hydrogen-bond acceptors (Lipinski definition) is 3. The van der Waals surface area contributed by atoms with Gasteiger partial charge in [-0.25, -0.2) is 9.78 Å². The number of para-hydroxylation sites is 1. The third-order valence-electron chi connectivity index (χ3n) is 4.96. The van der Waals surface area contributed by atoms with Gasteiger partial charge in [0.1, 0.15) is 5.65 Å². The molecule has 0 radical (unpaired) electrons. The molecule has 6 heteroatoms. The van der Waals surface area contributed by atoms with Crippen LogP contribution < -0.4 is 0 Å². The molecule has 0 aliphatic carbocycles. The van der Waals surface area contributed by atoms with Crippen molar-refractivity contribution in [1.82, 2.24) is 9.55 Å². The molecule has 0 saturated heterocycles. The van der Waals surface area contributed by atoms with Crippen molar-refractivity contribution in [2.75, 3.05) is 7.11 Å². The van der Waals surface area contributed by atoms with E-state index in [9.17, 15) is 4.79 Å². The number of methoxy groups -OCH3 is 1. The number of fused-ring (bicyclic) bond motifs is 1. The third kappa shape index (κ3) is 3.50. The molecule has 0 saturated carbocycles. The number of esters is 1. The summed E-state index contributed by atoms with van der Waals surface area (Å²) in [6, 6.07) is 17.3. The van der Waals surface area contributed by atoms with Gasteiger partial charge in [-0.2, -0.15) is 0 Å². The summed E-state index contributed by atoms with van der Waals surface area (Å²) >= 11 is 13.0. The molecular weight excluding hydrogens is 407 g/mol. The number of ether oxygens (including phenoxy) is 1. The van der Waals surface area contributed by atoms with Gasteiger partial charge in [0.25, 0.3) is 0 Å². The molecule has 0 amide bonds. The van der Waals surface area contributed by atoms with Gasteiger partial charge in [0.15, 0.2) is 0 Å². The van der Waals surface area contributed by atoms with Crippen molar-refractivity contribution < 1.29 is 9.53 Å². The molecule has 0 N–H and O–H groups in total. The number of halogens is 2. The standard InChI is InChI=1S/C23H18Cl2N2O2/c1-14-10-11-26-22-18(14)12-16(27(22)15-6-4-3-5-7-15)13-19-20(24)9-8-17(21(19)25)23(28)29-2/h3-12H,13H2,1-2H3. The van der Waals surface area contributed by atoms with E-state index < -0.39 is 5.97 Å². The molecule has 0 spiro atoms. The van der Waals surface area contributed by atoms with Gasteiger partial charge in [-0.15, -0.1) is 0 Å². The summed E-state index contributed by atoms with van der Waals surface area (Å²) in [5, 5.41) is 1.86. The van der Waals surface area contributed by atoms with Crippen molar-refractivity contribution in [1.29, 1.82) is 0 Å². The summed E-state index contributed by atoms with van der Waals surface area (Å²) in [5.41, 5.74) is 4.93. The maximum absolute atomic E-state index is 12.1. The highest BCUT2D eigenvalue weighted by atomic mass is 35.5. The Morgan fingerprint density at radius 1 is 1.10 bits per heavy atom. The van der Waals surface area contributed by atoms with Crippen LogP contribution in [0.25, 0.3) is 16.7 Å². The second kappa shape index (κ2) is 7.90. The molecule has 2 aromatic carbocycles. The van der Waals surface area contributed by atoms with Crippen LogP contribution in [0.2, 0.25) is 10.0 Å². The molecular formula is C23H18Cl2N2O2. The fourth-order valence-corrected chi connectivity index (χ4v) is 4.06. The van der Waals surface area contributed by atoms with Gasteiger partial charge in [-0.3, -0.25) is 4.57 Å². The molecule has 2 heterocycles. The highest BCUT2D eigenvalue weighted by Gasteiger charge is 2.20. The molecule has 0 aliphatic rings. The second-order valence-corrected chi connectivity index (χ2v) is 7.51. The molecule has 0 aliphatic heterocycles. The van der Waals surface area contributed by atoms with Gasteiger partial charge in [-0.05, 0) is 54.4 Å². The van der Waals surface area contributed by atoms with Crippen molar-refractivity contribution in [3.05, 3.63) is 93.2 Å². The average molecular weight is 425 g/mol. The van der Waals surface area contributed by atoms with Crippen LogP contribution in [-0.2, 0) is 11.2 Å². The van der Waals surface area contributed by atoms with E-state index in [1.165, 1.54) is 7.11 Å². The first-order valence-electron chi connectivity index (χ1n) is 9.07. The van der Waals surface area contributed by atoms with Crippen LogP contribution in [-0.4, -0.2) is 22.6 Å². The molecule has 0 atom stereocenters. The van der Waals surface area contributed by atoms with E-state index in [2.05, 4.69) is 22.5 Å². The normalized spacial score (nSPS) is 11.0. The predicted octanol–water partition coefficient (Wildman–Crippen LogP) is 6.02. The minimum absolute atomic E-state index is 0.297. The number of rotatable bonds is 4. The Bertz CT molecular complexity index is 1220. The maximum atomic E-state index is 12.1. The van der Waals surface area contributed by atoms with Crippen LogP contribution in [0, 0.1) is 6.92 Å². The highest BCUT2D eigenvalue weighted by molar-refractivity contribution is 6.38. The molecule has 4 rings (SSSR count). The molecule has 0 fully saturated rings. The molecule has 4 nitrogen and oxygen atoms in total. The summed E-state index contributed by atoms with van der Waals surface area (Å²) in [5.74, 6) is -0.492. The third-order valence-corrected chi connectivity index (χ3v) is 5.75. The van der Waals surface area contributed by atoms with Gasteiger partial charge in [0.2, 0.25) is 0 Å². The number of hydrogen-bond donors (Lipinski definition) is 0. The zero-order valence-corrected chi connectivity index (χ0v) is 17.5. The van der Waals surface area contributed by atoms with Crippen molar-refractivity contribution in [2.45, 2.75) is 13.3 Å². The Morgan fingerprint density at radius 2 is 1.86 bits per heavy atom. The van der Waals surface area contributed by atoms with E-state index in [1.807, 2.05) is 36.4 Å². The number of pyridine rings is 1. The van der Waals surface area contributed by atoms with E-state index in [0.29, 0.717) is 27.6 Å². The topological polar surface area (TPSA) is 44.1 Å². The first-order chi connectivity index (χ1) is 14.0. The van der Waals surface area contributed by atoms with Crippen LogP contribution in [0.15, 0.2) is 60.8 Å². The minimum atomic E-state index is -0.492. The zero-order valence-electron chi connectivity index (χ0n) is 15.9. The number of aromatic nitrogens is 2. The van der Waals surface area contributed by atoms with Crippen LogP contribution in [0.4, 0.5) is 0 Å². The zero-order chi connectivity index (χ0) is 20.5. The van der Waals surface area contributed by atoms with Crippen molar-refractivity contribution >= 4 is 40.2 Å². The van der Waals surface area contributed by atoms with Crippen LogP contribution in [0.5, 0.6) is 0 Å². The summed E-state index contributed by atoms with van der Waals surface area (Å²) in [6.07, 6.45) is 2.24. The Balaban J connectivity index is 1.92. The van der Waals surface area contributed by atoms with E-state index in [0.717, 1.165) is 28.0 Å². The Hall–Kier alpha value is -2.82. The maximum Gasteiger partial charge on any atom is 0.339 e. The lowest BCUT2D eigenvalue weighted by atomic mass is 10.1. The van der Waals surface area contributed by atoms with E-state index >= 15 is 0 Å². The lowest BCUT2D eigenvalue weighted by Gasteiger charge is -2.14. The summed E-state index contributed by atoms with van der Waals surface area (Å²) in [4.78, 5) is 16.7. The largest absolute Gasteiger partial charge is 0.465 e. The quantitative estimate of drug-likeness (QED) is 0.376. The fraction of sp³-hybridized carbons (Fsp3) is 0.130. The number of carbonyl (C=O) groups is 1. The minimum Gasteiger partial charge on any atom is -0.465 e. The number of carbonyl (C=O) groups excluding carboxylic acids is 1. The predicted molar refractivity (Wildman–Crippen MR) is 116 cm³/mol. The first kappa shape index (κ1) is 19.5. The molecule has 29 heavy (non-hydrogen) atoms. The van der Waals surface area contributed by atoms with Gasteiger partial charge < -0.3 is 4.74 Å². The number of aryl methyl sites for hydroxylation is 1. The van der Waals surface area contributed by atoms with Crippen LogP contribution >= 0.6 is 23.2 Å². The lowest BCUT2D eigenvalue weighted by molar-refractivity contribution is 0.0601. The molecule has 2 aromatic heterocycles. The number of nitrogens with zero attached hydrogens (tertiary/aromatic N) is 2. The summed E-state index contributed by atoms with van der Waals surface area (Å²) in [6.45, 7) is 2.06. The lowest BCUT2D eigenvalue weighted by Crippen LogP contribution is -2.06. The molecule has 0 unspecified atom stereocenters. The van der Waals surface area contributed by atoms with Crippen molar-refractivity contribution in [2.24, 2.45) is 0 Å². The SMILES string of the molecule is COC(=O)c1ccc(Cl)c(Cc2cc3c(C)ccnc3n2-c2ccccc2)c1Cl. The molecule has 146 valence electrons. The van der Waals surface area contributed by atoms with Gasteiger partial charge in [0.05, 0.1) is 17.7 Å². The van der Waals surface area contributed by atoms with Gasteiger partial charge in [-0.1, -0.05) is 41.4 Å².